The third kappa shape index (κ3) is 7.94. The second kappa shape index (κ2) is 10.7. The van der Waals surface area contributed by atoms with Crippen molar-refractivity contribution in [2.45, 2.75) is 76.4 Å². The van der Waals surface area contributed by atoms with E-state index >= 15 is 0 Å². The Hall–Kier alpha value is -2.47. The summed E-state index contributed by atoms with van der Waals surface area (Å²) in [5, 5.41) is 2.45. The van der Waals surface area contributed by atoms with E-state index in [0.29, 0.717) is 0 Å². The number of ether oxygens (including phenoxy) is 2. The summed E-state index contributed by atoms with van der Waals surface area (Å²) in [5.74, 6) is -0.500. The molecule has 0 saturated heterocycles. The normalized spacial score (nSPS) is 14.3. The molecule has 31 heavy (non-hydrogen) atoms. The van der Waals surface area contributed by atoms with Crippen LogP contribution >= 0.6 is 11.8 Å². The molecular formula is C25H33NO4S. The molecule has 1 N–H and O–H groups in total. The minimum absolute atomic E-state index is 0.0970. The van der Waals surface area contributed by atoms with E-state index in [0.717, 1.165) is 10.5 Å². The molecule has 0 aliphatic carbocycles. The first-order chi connectivity index (χ1) is 14.5. The Morgan fingerprint density at radius 1 is 1.00 bits per heavy atom. The Morgan fingerprint density at radius 3 is 2.23 bits per heavy atom. The van der Waals surface area contributed by atoms with E-state index in [9.17, 15) is 9.59 Å². The number of esters is 1. The predicted octanol–water partition coefficient (Wildman–Crippen LogP) is 5.98. The molecule has 2 aromatic rings. The number of amides is 1. The predicted molar refractivity (Wildman–Crippen MR) is 125 cm³/mol. The molecule has 0 spiro atoms. The highest BCUT2D eigenvalue weighted by Gasteiger charge is 2.28. The average molecular weight is 444 g/mol. The number of carbonyl (C=O) groups is 2. The van der Waals surface area contributed by atoms with Gasteiger partial charge in [-0.25, -0.2) is 9.59 Å². The van der Waals surface area contributed by atoms with Crippen molar-refractivity contribution in [2.24, 2.45) is 0 Å². The monoisotopic (exact) mass is 443 g/mol. The van der Waals surface area contributed by atoms with Crippen LogP contribution in [0.2, 0.25) is 0 Å². The summed E-state index contributed by atoms with van der Waals surface area (Å²) >= 11 is 1.67. The van der Waals surface area contributed by atoms with Crippen LogP contribution in [-0.2, 0) is 14.3 Å². The molecule has 0 aliphatic heterocycles. The lowest BCUT2D eigenvalue weighted by molar-refractivity contribution is -0.150. The maximum Gasteiger partial charge on any atom is 0.408 e. The highest BCUT2D eigenvalue weighted by atomic mass is 32.2. The van der Waals surface area contributed by atoms with Crippen LogP contribution in [0.1, 0.15) is 56.6 Å². The van der Waals surface area contributed by atoms with Crippen LogP contribution in [0.4, 0.5) is 4.79 Å². The lowest BCUT2D eigenvalue weighted by atomic mass is 10.1. The van der Waals surface area contributed by atoms with Crippen LogP contribution in [0, 0.1) is 13.8 Å². The molecular weight excluding hydrogens is 410 g/mol. The van der Waals surface area contributed by atoms with E-state index in [4.69, 9.17) is 9.47 Å². The van der Waals surface area contributed by atoms with Crippen molar-refractivity contribution in [2.75, 3.05) is 0 Å². The number of alkyl carbamates (subject to hydrolysis) is 1. The maximum absolute atomic E-state index is 12.7. The summed E-state index contributed by atoms with van der Waals surface area (Å²) < 4.78 is 11.0. The van der Waals surface area contributed by atoms with Crippen LogP contribution in [0.5, 0.6) is 0 Å². The fraction of sp³-hybridized carbons (Fsp3) is 0.440. The van der Waals surface area contributed by atoms with Crippen molar-refractivity contribution in [3.05, 3.63) is 65.2 Å². The fourth-order valence-corrected chi connectivity index (χ4v) is 4.24. The van der Waals surface area contributed by atoms with Gasteiger partial charge in [-0.2, -0.15) is 0 Å². The zero-order valence-corrected chi connectivity index (χ0v) is 20.2. The molecule has 6 heteroatoms. The van der Waals surface area contributed by atoms with Crippen molar-refractivity contribution in [1.82, 2.24) is 5.32 Å². The molecule has 5 nitrogen and oxygen atoms in total. The topological polar surface area (TPSA) is 64.6 Å². The minimum Gasteiger partial charge on any atom is -0.460 e. The number of hydrogen-bond donors (Lipinski definition) is 1. The minimum atomic E-state index is -0.820. The van der Waals surface area contributed by atoms with Gasteiger partial charge >= 0.3 is 12.1 Å². The van der Waals surface area contributed by atoms with E-state index in [1.807, 2.05) is 37.3 Å². The summed E-state index contributed by atoms with van der Waals surface area (Å²) in [6.45, 7) is 12.9. The standard InChI is InChI=1S/C25H33NO4S/c1-16-13-14-21(17(2)15-16)31-22(20-11-9-8-10-12-20)19(4)29-23(27)18(3)26-24(28)30-25(5,6)7/h8-15,18-19,22H,1-7H3,(H,26,28)/t18-,19-,22-/m0/s1. The molecule has 2 rings (SSSR count). The van der Waals surface area contributed by atoms with Gasteiger partial charge in [0.15, 0.2) is 0 Å². The largest absolute Gasteiger partial charge is 0.460 e. The van der Waals surface area contributed by atoms with Gasteiger partial charge < -0.3 is 14.8 Å². The first-order valence-electron chi connectivity index (χ1n) is 10.4. The van der Waals surface area contributed by atoms with Gasteiger partial charge in [0.1, 0.15) is 17.7 Å². The van der Waals surface area contributed by atoms with Crippen LogP contribution in [0.15, 0.2) is 53.4 Å². The van der Waals surface area contributed by atoms with Crippen LogP contribution in [-0.4, -0.2) is 29.8 Å². The number of thioether (sulfide) groups is 1. The Bertz CT molecular complexity index is 892. The maximum atomic E-state index is 12.7. The highest BCUT2D eigenvalue weighted by Crippen LogP contribution is 2.40. The van der Waals surface area contributed by atoms with Gasteiger partial charge in [-0.3, -0.25) is 0 Å². The van der Waals surface area contributed by atoms with E-state index in [1.54, 1.807) is 39.5 Å². The van der Waals surface area contributed by atoms with Crippen molar-refractivity contribution in [3.8, 4) is 0 Å². The van der Waals surface area contributed by atoms with E-state index < -0.39 is 29.8 Å². The van der Waals surface area contributed by atoms with Gasteiger partial charge in [0.2, 0.25) is 0 Å². The number of hydrogen-bond acceptors (Lipinski definition) is 5. The average Bonchev–Trinajstić information content (AvgIpc) is 2.66. The van der Waals surface area contributed by atoms with Crippen LogP contribution < -0.4 is 5.32 Å². The van der Waals surface area contributed by atoms with E-state index in [-0.39, 0.29) is 5.25 Å². The molecule has 0 unspecified atom stereocenters. The van der Waals surface area contributed by atoms with Crippen LogP contribution in [0.3, 0.4) is 0 Å². The second-order valence-electron chi connectivity index (χ2n) is 8.73. The number of nitrogens with one attached hydrogen (secondary N) is 1. The van der Waals surface area contributed by atoms with Crippen molar-refractivity contribution in [1.29, 1.82) is 0 Å². The lowest BCUT2D eigenvalue weighted by Gasteiger charge is -2.26. The van der Waals surface area contributed by atoms with Gasteiger partial charge in [0, 0.05) is 4.90 Å². The summed E-state index contributed by atoms with van der Waals surface area (Å²) in [6, 6.07) is 15.5. The summed E-state index contributed by atoms with van der Waals surface area (Å²) in [7, 11) is 0. The molecule has 0 heterocycles. The fourth-order valence-electron chi connectivity index (χ4n) is 3.04. The first-order valence-corrected chi connectivity index (χ1v) is 11.3. The number of carbonyl (C=O) groups excluding carboxylic acids is 2. The molecule has 168 valence electrons. The zero-order chi connectivity index (χ0) is 23.2. The van der Waals surface area contributed by atoms with Crippen molar-refractivity contribution in [3.63, 3.8) is 0 Å². The van der Waals surface area contributed by atoms with Crippen LogP contribution in [0.25, 0.3) is 0 Å². The number of aryl methyl sites for hydroxylation is 2. The molecule has 0 radical (unpaired) electrons. The molecule has 0 aromatic heterocycles. The molecule has 1 amide bonds. The van der Waals surface area contributed by atoms with Gasteiger partial charge in [-0.15, -0.1) is 11.8 Å². The third-order valence-corrected chi connectivity index (χ3v) is 6.15. The van der Waals surface area contributed by atoms with E-state index in [1.165, 1.54) is 11.1 Å². The van der Waals surface area contributed by atoms with Gasteiger partial charge in [0.05, 0.1) is 5.25 Å². The number of rotatable bonds is 7. The zero-order valence-electron chi connectivity index (χ0n) is 19.4. The van der Waals surface area contributed by atoms with Crippen molar-refractivity contribution < 1.29 is 19.1 Å². The third-order valence-electron chi connectivity index (χ3n) is 4.53. The Morgan fingerprint density at radius 2 is 1.65 bits per heavy atom. The summed E-state index contributed by atoms with van der Waals surface area (Å²) in [5.41, 5.74) is 2.83. The molecule has 3 atom stereocenters. The van der Waals surface area contributed by atoms with Gasteiger partial charge in [0.25, 0.3) is 0 Å². The second-order valence-corrected chi connectivity index (χ2v) is 9.91. The molecule has 0 saturated carbocycles. The summed E-state index contributed by atoms with van der Waals surface area (Å²) in [4.78, 5) is 25.8. The quantitative estimate of drug-likeness (QED) is 0.421. The highest BCUT2D eigenvalue weighted by molar-refractivity contribution is 7.99. The molecule has 0 aliphatic rings. The summed E-state index contributed by atoms with van der Waals surface area (Å²) in [6.07, 6.45) is -1.06. The Kier molecular flexibility index (Phi) is 8.57. The smallest absolute Gasteiger partial charge is 0.408 e. The lowest BCUT2D eigenvalue weighted by Crippen LogP contribution is -2.43. The molecule has 0 bridgehead atoms. The first kappa shape index (κ1) is 24.8. The number of benzene rings is 2. The van der Waals surface area contributed by atoms with E-state index in [2.05, 4.69) is 37.4 Å². The van der Waals surface area contributed by atoms with Gasteiger partial charge in [-0.05, 0) is 65.7 Å². The molecule has 2 aromatic carbocycles. The molecule has 0 fully saturated rings. The Balaban J connectivity index is 2.13. The Labute approximate surface area is 189 Å². The van der Waals surface area contributed by atoms with Gasteiger partial charge in [-0.1, -0.05) is 48.0 Å². The SMILES string of the molecule is Cc1ccc(S[C@H](c2ccccc2)[C@H](C)OC(=O)[C@H](C)NC(=O)OC(C)(C)C)c(C)c1. The van der Waals surface area contributed by atoms with Crippen molar-refractivity contribution >= 4 is 23.8 Å².